The zero-order valence-electron chi connectivity index (χ0n) is 8.61. The molecule has 1 aromatic carbocycles. The molecule has 74 valence electrons. The highest BCUT2D eigenvalue weighted by molar-refractivity contribution is 5.87. The highest BCUT2D eigenvalue weighted by Crippen LogP contribution is 2.26. The van der Waals surface area contributed by atoms with E-state index in [0.29, 0.717) is 11.4 Å². The Bertz CT molecular complexity index is 555. The molecular weight excluding hydrogens is 188 g/mol. The lowest BCUT2D eigenvalue weighted by molar-refractivity contribution is 0.419. The molecule has 0 N–H and O–H groups in total. The number of hydrogen-bond donors (Lipinski definition) is 0. The SMILES string of the molecule is COc1cccc2c(C)cc(C#N)nc12. The van der Waals surface area contributed by atoms with E-state index >= 15 is 0 Å². The van der Waals surface area contributed by atoms with Gasteiger partial charge in [0.25, 0.3) is 0 Å². The third-order valence-electron chi connectivity index (χ3n) is 2.34. The van der Waals surface area contributed by atoms with Crippen molar-refractivity contribution in [2.45, 2.75) is 6.92 Å². The fourth-order valence-electron chi connectivity index (χ4n) is 1.61. The van der Waals surface area contributed by atoms with Crippen LogP contribution in [0.5, 0.6) is 5.75 Å². The van der Waals surface area contributed by atoms with Crippen molar-refractivity contribution in [2.24, 2.45) is 0 Å². The number of aryl methyl sites for hydroxylation is 1. The molecular formula is C12H10N2O. The predicted molar refractivity (Wildman–Crippen MR) is 57.7 cm³/mol. The predicted octanol–water partition coefficient (Wildman–Crippen LogP) is 2.42. The number of fused-ring (bicyclic) bond motifs is 1. The summed E-state index contributed by atoms with van der Waals surface area (Å²) in [5.41, 5.74) is 2.21. The van der Waals surface area contributed by atoms with Crippen molar-refractivity contribution in [3.05, 3.63) is 35.5 Å². The average molecular weight is 198 g/mol. The molecule has 0 atom stereocenters. The van der Waals surface area contributed by atoms with Crippen LogP contribution < -0.4 is 4.74 Å². The number of aromatic nitrogens is 1. The Morgan fingerprint density at radius 1 is 1.40 bits per heavy atom. The molecule has 0 unspecified atom stereocenters. The van der Waals surface area contributed by atoms with E-state index in [0.717, 1.165) is 16.5 Å². The van der Waals surface area contributed by atoms with Crippen molar-refractivity contribution in [3.63, 3.8) is 0 Å². The van der Waals surface area contributed by atoms with Crippen molar-refractivity contribution in [1.82, 2.24) is 4.98 Å². The van der Waals surface area contributed by atoms with Crippen LogP contribution in [0, 0.1) is 18.3 Å². The Labute approximate surface area is 87.9 Å². The summed E-state index contributed by atoms with van der Waals surface area (Å²) in [4.78, 5) is 4.24. The van der Waals surface area contributed by atoms with Gasteiger partial charge in [0.2, 0.25) is 0 Å². The Hall–Kier alpha value is -2.08. The third kappa shape index (κ3) is 1.50. The third-order valence-corrected chi connectivity index (χ3v) is 2.34. The second-order valence-corrected chi connectivity index (χ2v) is 3.29. The van der Waals surface area contributed by atoms with Crippen molar-refractivity contribution in [3.8, 4) is 11.8 Å². The second kappa shape index (κ2) is 3.58. The standard InChI is InChI=1S/C12H10N2O/c1-8-6-9(7-13)14-12-10(8)4-3-5-11(12)15-2/h3-6H,1-2H3. The molecule has 0 fully saturated rings. The van der Waals surface area contributed by atoms with Gasteiger partial charge in [-0.2, -0.15) is 5.26 Å². The van der Waals surface area contributed by atoms with Crippen LogP contribution in [-0.4, -0.2) is 12.1 Å². The summed E-state index contributed by atoms with van der Waals surface area (Å²) in [7, 11) is 1.60. The number of rotatable bonds is 1. The van der Waals surface area contributed by atoms with Crippen LogP contribution in [0.1, 0.15) is 11.3 Å². The van der Waals surface area contributed by atoms with Gasteiger partial charge in [-0.25, -0.2) is 4.98 Å². The minimum Gasteiger partial charge on any atom is -0.494 e. The van der Waals surface area contributed by atoms with E-state index in [1.54, 1.807) is 13.2 Å². The number of nitriles is 1. The molecule has 0 saturated carbocycles. The minimum absolute atomic E-state index is 0.421. The lowest BCUT2D eigenvalue weighted by atomic mass is 10.1. The zero-order valence-corrected chi connectivity index (χ0v) is 8.61. The smallest absolute Gasteiger partial charge is 0.145 e. The molecule has 0 bridgehead atoms. The minimum atomic E-state index is 0.421. The maximum atomic E-state index is 8.83. The Morgan fingerprint density at radius 2 is 2.20 bits per heavy atom. The van der Waals surface area contributed by atoms with E-state index in [-0.39, 0.29) is 0 Å². The fourth-order valence-corrected chi connectivity index (χ4v) is 1.61. The molecule has 0 amide bonds. The number of ether oxygens (including phenoxy) is 1. The summed E-state index contributed by atoms with van der Waals surface area (Å²) in [5.74, 6) is 0.702. The van der Waals surface area contributed by atoms with Crippen molar-refractivity contribution < 1.29 is 4.74 Å². The molecule has 0 radical (unpaired) electrons. The summed E-state index contributed by atoms with van der Waals surface area (Å²) in [6.45, 7) is 1.96. The number of benzene rings is 1. The molecule has 15 heavy (non-hydrogen) atoms. The highest BCUT2D eigenvalue weighted by Gasteiger charge is 2.06. The van der Waals surface area contributed by atoms with E-state index in [1.807, 2.05) is 31.2 Å². The van der Waals surface area contributed by atoms with Crippen LogP contribution in [0.15, 0.2) is 24.3 Å². The van der Waals surface area contributed by atoms with Gasteiger partial charge in [-0.1, -0.05) is 12.1 Å². The Kier molecular flexibility index (Phi) is 2.26. The van der Waals surface area contributed by atoms with E-state index in [9.17, 15) is 0 Å². The van der Waals surface area contributed by atoms with Crippen LogP contribution in [0.4, 0.5) is 0 Å². The Balaban J connectivity index is 2.87. The first-order valence-corrected chi connectivity index (χ1v) is 4.60. The first kappa shape index (κ1) is 9.47. The van der Waals surface area contributed by atoms with Gasteiger partial charge in [0.15, 0.2) is 0 Å². The monoisotopic (exact) mass is 198 g/mol. The van der Waals surface area contributed by atoms with Crippen molar-refractivity contribution in [2.75, 3.05) is 7.11 Å². The first-order chi connectivity index (χ1) is 7.26. The molecule has 2 rings (SSSR count). The van der Waals surface area contributed by atoms with E-state index < -0.39 is 0 Å². The second-order valence-electron chi connectivity index (χ2n) is 3.29. The maximum Gasteiger partial charge on any atom is 0.145 e. The summed E-state index contributed by atoms with van der Waals surface area (Å²) < 4.78 is 5.21. The first-order valence-electron chi connectivity index (χ1n) is 4.60. The van der Waals surface area contributed by atoms with Crippen molar-refractivity contribution in [1.29, 1.82) is 5.26 Å². The summed E-state index contributed by atoms with van der Waals surface area (Å²) >= 11 is 0. The topological polar surface area (TPSA) is 45.9 Å². The fraction of sp³-hybridized carbons (Fsp3) is 0.167. The quantitative estimate of drug-likeness (QED) is 0.706. The molecule has 0 saturated heterocycles. The van der Waals surface area contributed by atoms with Crippen LogP contribution in [-0.2, 0) is 0 Å². The van der Waals surface area contributed by atoms with Gasteiger partial charge in [-0.05, 0) is 24.6 Å². The molecule has 0 aliphatic heterocycles. The number of nitrogens with zero attached hydrogens (tertiary/aromatic N) is 2. The van der Waals surface area contributed by atoms with Crippen LogP contribution in [0.25, 0.3) is 10.9 Å². The molecule has 3 heteroatoms. The Morgan fingerprint density at radius 3 is 2.87 bits per heavy atom. The summed E-state index contributed by atoms with van der Waals surface area (Å²) in [5, 5.41) is 9.85. The lowest BCUT2D eigenvalue weighted by Gasteiger charge is -2.06. The summed E-state index contributed by atoms with van der Waals surface area (Å²) in [6.07, 6.45) is 0. The highest BCUT2D eigenvalue weighted by atomic mass is 16.5. The molecule has 0 aliphatic rings. The van der Waals surface area contributed by atoms with Gasteiger partial charge in [0.05, 0.1) is 7.11 Å². The van der Waals surface area contributed by atoms with Gasteiger partial charge in [0.1, 0.15) is 23.0 Å². The maximum absolute atomic E-state index is 8.83. The number of methoxy groups -OCH3 is 1. The van der Waals surface area contributed by atoms with Gasteiger partial charge in [0, 0.05) is 5.39 Å². The van der Waals surface area contributed by atoms with Gasteiger partial charge in [-0.15, -0.1) is 0 Å². The van der Waals surface area contributed by atoms with Gasteiger partial charge in [-0.3, -0.25) is 0 Å². The number of para-hydroxylation sites is 1. The average Bonchev–Trinajstić information content (AvgIpc) is 2.28. The lowest BCUT2D eigenvalue weighted by Crippen LogP contribution is -1.92. The molecule has 1 heterocycles. The van der Waals surface area contributed by atoms with Crippen LogP contribution in [0.2, 0.25) is 0 Å². The molecule has 1 aromatic heterocycles. The van der Waals surface area contributed by atoms with Gasteiger partial charge < -0.3 is 4.74 Å². The molecule has 0 spiro atoms. The summed E-state index contributed by atoms with van der Waals surface area (Å²) in [6, 6.07) is 9.56. The van der Waals surface area contributed by atoms with Gasteiger partial charge >= 0.3 is 0 Å². The normalized spacial score (nSPS) is 9.93. The van der Waals surface area contributed by atoms with E-state index in [1.165, 1.54) is 0 Å². The number of hydrogen-bond acceptors (Lipinski definition) is 3. The van der Waals surface area contributed by atoms with E-state index in [2.05, 4.69) is 4.98 Å². The van der Waals surface area contributed by atoms with Crippen molar-refractivity contribution >= 4 is 10.9 Å². The van der Waals surface area contributed by atoms with E-state index in [4.69, 9.17) is 10.00 Å². The molecule has 0 aliphatic carbocycles. The molecule has 2 aromatic rings. The van der Waals surface area contributed by atoms with Crippen LogP contribution in [0.3, 0.4) is 0 Å². The zero-order chi connectivity index (χ0) is 10.8. The molecule has 3 nitrogen and oxygen atoms in total. The largest absolute Gasteiger partial charge is 0.494 e. The van der Waals surface area contributed by atoms with Crippen LogP contribution >= 0.6 is 0 Å². The number of pyridine rings is 1.